The summed E-state index contributed by atoms with van der Waals surface area (Å²) in [6, 6.07) is -0.172. The molecule has 0 aliphatic carbocycles. The highest BCUT2D eigenvalue weighted by Gasteiger charge is 2.28. The molecule has 0 saturated carbocycles. The van der Waals surface area contributed by atoms with Crippen LogP contribution in [0.15, 0.2) is 9.63 Å². The van der Waals surface area contributed by atoms with E-state index in [1.807, 2.05) is 0 Å². The van der Waals surface area contributed by atoms with Gasteiger partial charge in [-0.1, -0.05) is 5.21 Å². The third-order valence-electron chi connectivity index (χ3n) is 2.70. The van der Waals surface area contributed by atoms with Crippen molar-refractivity contribution in [2.45, 2.75) is 23.9 Å². The summed E-state index contributed by atoms with van der Waals surface area (Å²) >= 11 is 3.07. The summed E-state index contributed by atoms with van der Waals surface area (Å²) in [4.78, 5) is 0. The molecular formula is C8H13BrN4O3S2. The van der Waals surface area contributed by atoms with E-state index in [1.54, 1.807) is 0 Å². The summed E-state index contributed by atoms with van der Waals surface area (Å²) in [5, 5.41) is 7.30. The number of nitrogens with zero attached hydrogens (tertiary/aromatic N) is 3. The summed E-state index contributed by atoms with van der Waals surface area (Å²) in [5.74, 6) is 1.08. The van der Waals surface area contributed by atoms with Crippen molar-refractivity contribution >= 4 is 36.8 Å². The Kier molecular flexibility index (Phi) is 4.19. The number of hydrogen-bond acceptors (Lipinski definition) is 5. The van der Waals surface area contributed by atoms with Crippen molar-refractivity contribution in [1.82, 2.24) is 19.7 Å². The van der Waals surface area contributed by atoms with E-state index in [-0.39, 0.29) is 15.7 Å². The second-order valence-corrected chi connectivity index (χ2v) is 8.13. The van der Waals surface area contributed by atoms with E-state index in [9.17, 15) is 12.6 Å². The Labute approximate surface area is 116 Å². The minimum Gasteiger partial charge on any atom is -0.260 e. The van der Waals surface area contributed by atoms with Crippen molar-refractivity contribution < 1.29 is 12.6 Å². The predicted octanol–water partition coefficient (Wildman–Crippen LogP) is -0.233. The average Bonchev–Trinajstić information content (AvgIpc) is 2.62. The molecule has 0 atom stereocenters. The number of hydrogen-bond donors (Lipinski definition) is 1. The van der Waals surface area contributed by atoms with Crippen LogP contribution in [0.5, 0.6) is 0 Å². The van der Waals surface area contributed by atoms with Crippen LogP contribution in [-0.2, 0) is 27.9 Å². The van der Waals surface area contributed by atoms with Crippen LogP contribution in [0.25, 0.3) is 0 Å². The van der Waals surface area contributed by atoms with Gasteiger partial charge in [-0.15, -0.1) is 5.10 Å². The molecule has 10 heteroatoms. The maximum atomic E-state index is 12.2. The quantitative estimate of drug-likeness (QED) is 0.806. The molecule has 1 N–H and O–H groups in total. The average molecular weight is 357 g/mol. The van der Waals surface area contributed by atoms with E-state index < -0.39 is 20.8 Å². The van der Waals surface area contributed by atoms with Gasteiger partial charge in [0.05, 0.1) is 0 Å². The van der Waals surface area contributed by atoms with Crippen LogP contribution in [0, 0.1) is 0 Å². The fourth-order valence-corrected chi connectivity index (χ4v) is 5.49. The monoisotopic (exact) mass is 356 g/mol. The van der Waals surface area contributed by atoms with Gasteiger partial charge in [0.1, 0.15) is 0 Å². The van der Waals surface area contributed by atoms with Crippen molar-refractivity contribution in [1.29, 1.82) is 0 Å². The molecule has 2 rings (SSSR count). The zero-order valence-corrected chi connectivity index (χ0v) is 12.9. The number of aryl methyl sites for hydroxylation is 1. The fraction of sp³-hybridized carbons (Fsp3) is 0.750. The molecular weight excluding hydrogens is 344 g/mol. The molecule has 18 heavy (non-hydrogen) atoms. The molecule has 0 spiro atoms. The van der Waals surface area contributed by atoms with Gasteiger partial charge in [0.15, 0.2) is 4.60 Å². The van der Waals surface area contributed by atoms with E-state index in [4.69, 9.17) is 0 Å². The second kappa shape index (κ2) is 5.35. The van der Waals surface area contributed by atoms with E-state index in [0.29, 0.717) is 24.3 Å². The van der Waals surface area contributed by atoms with Crippen molar-refractivity contribution in [3.8, 4) is 0 Å². The van der Waals surface area contributed by atoms with Gasteiger partial charge in [0.2, 0.25) is 5.03 Å². The lowest BCUT2D eigenvalue weighted by molar-refractivity contribution is 0.512. The molecule has 1 aliphatic heterocycles. The molecule has 0 amide bonds. The van der Waals surface area contributed by atoms with E-state index in [0.717, 1.165) is 0 Å². The minimum absolute atomic E-state index is 0.00851. The molecule has 0 bridgehead atoms. The van der Waals surface area contributed by atoms with Crippen molar-refractivity contribution in [3.63, 3.8) is 0 Å². The van der Waals surface area contributed by atoms with Crippen molar-refractivity contribution in [3.05, 3.63) is 4.60 Å². The number of sulfonamides is 1. The van der Waals surface area contributed by atoms with Crippen LogP contribution in [-0.4, -0.2) is 45.2 Å². The zero-order valence-electron chi connectivity index (χ0n) is 9.67. The minimum atomic E-state index is -3.65. The van der Waals surface area contributed by atoms with Crippen molar-refractivity contribution in [2.75, 3.05) is 11.5 Å². The zero-order chi connectivity index (χ0) is 13.3. The fourth-order valence-electron chi connectivity index (χ4n) is 1.79. The first-order valence-corrected chi connectivity index (χ1v) is 9.09. The highest BCUT2D eigenvalue weighted by Crippen LogP contribution is 2.19. The van der Waals surface area contributed by atoms with Crippen LogP contribution in [0.2, 0.25) is 0 Å². The van der Waals surface area contributed by atoms with Crippen LogP contribution in [0.3, 0.4) is 0 Å². The number of rotatable bonds is 3. The lowest BCUT2D eigenvalue weighted by Gasteiger charge is -2.22. The van der Waals surface area contributed by atoms with E-state index >= 15 is 0 Å². The lowest BCUT2D eigenvalue weighted by Crippen LogP contribution is -2.40. The first-order chi connectivity index (χ1) is 8.40. The first-order valence-electron chi connectivity index (χ1n) is 5.32. The molecule has 1 aliphatic rings. The second-order valence-electron chi connectivity index (χ2n) is 4.05. The molecule has 1 saturated heterocycles. The van der Waals surface area contributed by atoms with Crippen LogP contribution < -0.4 is 4.72 Å². The SMILES string of the molecule is Cn1nnc(Br)c1S(=O)(=O)NC1CCS(=O)CC1. The molecule has 7 nitrogen and oxygen atoms in total. The van der Waals surface area contributed by atoms with Gasteiger partial charge in [-0.2, -0.15) is 0 Å². The Balaban J connectivity index is 2.15. The van der Waals surface area contributed by atoms with Crippen molar-refractivity contribution in [2.24, 2.45) is 7.05 Å². The highest BCUT2D eigenvalue weighted by molar-refractivity contribution is 9.10. The van der Waals surface area contributed by atoms with E-state index in [2.05, 4.69) is 31.0 Å². The predicted molar refractivity (Wildman–Crippen MR) is 69.9 cm³/mol. The normalized spacial score (nSPS) is 25.2. The molecule has 0 aromatic carbocycles. The standard InChI is InChI=1S/C8H13BrN4O3S2/c1-13-8(7(9)10-12-13)18(15,16)11-6-2-4-17(14)5-3-6/h6,11H,2-5H2,1H3. The smallest absolute Gasteiger partial charge is 0.260 e. The molecule has 102 valence electrons. The largest absolute Gasteiger partial charge is 0.260 e. The number of halogens is 1. The Hall–Kier alpha value is -0.320. The summed E-state index contributed by atoms with van der Waals surface area (Å²) < 4.78 is 39.5. The molecule has 0 unspecified atom stereocenters. The van der Waals surface area contributed by atoms with Gasteiger partial charge in [0.25, 0.3) is 10.0 Å². The van der Waals surface area contributed by atoms with Gasteiger partial charge < -0.3 is 0 Å². The Bertz CT molecular complexity index is 541. The van der Waals surface area contributed by atoms with Crippen LogP contribution in [0.4, 0.5) is 0 Å². The molecule has 1 aromatic rings. The van der Waals surface area contributed by atoms with E-state index in [1.165, 1.54) is 11.7 Å². The van der Waals surface area contributed by atoms with Gasteiger partial charge in [0, 0.05) is 35.4 Å². The molecule has 2 heterocycles. The van der Waals surface area contributed by atoms with Crippen LogP contribution >= 0.6 is 15.9 Å². The van der Waals surface area contributed by atoms with Crippen LogP contribution in [0.1, 0.15) is 12.8 Å². The maximum Gasteiger partial charge on any atom is 0.260 e. The Morgan fingerprint density at radius 1 is 1.44 bits per heavy atom. The van der Waals surface area contributed by atoms with Gasteiger partial charge in [-0.3, -0.25) is 4.21 Å². The maximum absolute atomic E-state index is 12.2. The molecule has 0 radical (unpaired) electrons. The van der Waals surface area contributed by atoms with Gasteiger partial charge >= 0.3 is 0 Å². The van der Waals surface area contributed by atoms with Gasteiger partial charge in [-0.25, -0.2) is 17.8 Å². The Morgan fingerprint density at radius 2 is 2.06 bits per heavy atom. The summed E-state index contributed by atoms with van der Waals surface area (Å²) in [7, 11) is -2.95. The Morgan fingerprint density at radius 3 is 2.56 bits per heavy atom. The molecule has 1 fully saturated rings. The third-order valence-corrected chi connectivity index (χ3v) is 6.49. The molecule has 1 aromatic heterocycles. The highest BCUT2D eigenvalue weighted by atomic mass is 79.9. The number of nitrogens with one attached hydrogen (secondary N) is 1. The third kappa shape index (κ3) is 2.98. The summed E-state index contributed by atoms with van der Waals surface area (Å²) in [5.41, 5.74) is 0. The summed E-state index contributed by atoms with van der Waals surface area (Å²) in [6.45, 7) is 0. The topological polar surface area (TPSA) is 93.9 Å². The number of aromatic nitrogens is 3. The van der Waals surface area contributed by atoms with Gasteiger partial charge in [-0.05, 0) is 28.8 Å². The summed E-state index contributed by atoms with van der Waals surface area (Å²) in [6.07, 6.45) is 1.18. The first kappa shape index (κ1) is 14.1. The lowest BCUT2D eigenvalue weighted by atomic mass is 10.2.